The Morgan fingerprint density at radius 1 is 0.667 bits per heavy atom. The lowest BCUT2D eigenvalue weighted by Gasteiger charge is -2.26. The summed E-state index contributed by atoms with van der Waals surface area (Å²) in [5.41, 5.74) is 9.98. The lowest BCUT2D eigenvalue weighted by atomic mass is 10.0. The molecule has 0 saturated carbocycles. The summed E-state index contributed by atoms with van der Waals surface area (Å²) >= 11 is 0. The standard InChI is InChI=1S/C49H36N2O3/c1-3-12-42-38(4-2)41-30-36(25-27-43(41)51(42)34-13-6-5-7-14-34)50(37-24-26-40-39-15-8-9-16-44(39)52-48(40)31-37)35-22-19-32(20-23-35)33-21-28-47-49(29-33)54-46-18-11-10-17-45(46)53-47/h2-3,5-6,8-12,15-31,34H,7,13-14H2,1H3/b12-3-. The molecule has 54 heavy (non-hydrogen) atoms. The van der Waals surface area contributed by atoms with E-state index < -0.39 is 0 Å². The Labute approximate surface area is 314 Å². The summed E-state index contributed by atoms with van der Waals surface area (Å²) < 4.78 is 21.2. The molecule has 10 rings (SSSR count). The predicted octanol–water partition coefficient (Wildman–Crippen LogP) is 13.9. The molecule has 2 aromatic heterocycles. The van der Waals surface area contributed by atoms with Gasteiger partial charge in [-0.3, -0.25) is 0 Å². The number of fused-ring (bicyclic) bond motifs is 6. The average Bonchev–Trinajstić information content (AvgIpc) is 3.75. The van der Waals surface area contributed by atoms with Crippen molar-refractivity contribution in [2.75, 3.05) is 4.90 Å². The highest BCUT2D eigenvalue weighted by Gasteiger charge is 2.24. The van der Waals surface area contributed by atoms with Gasteiger partial charge in [0.1, 0.15) is 11.2 Å². The molecule has 6 aromatic carbocycles. The molecule has 0 spiro atoms. The van der Waals surface area contributed by atoms with Crippen LogP contribution in [0.4, 0.5) is 17.1 Å². The summed E-state index contributed by atoms with van der Waals surface area (Å²) in [6.45, 7) is 2.05. The SMILES string of the molecule is C#Cc1c(/C=C\C)n(C2CC=CCC2)c2ccc(N(c3ccc(-c4ccc5c(c4)Oc4ccccc4O5)cc3)c3ccc4c(c3)oc3ccccc34)cc12. The summed E-state index contributed by atoms with van der Waals surface area (Å²) in [7, 11) is 0. The zero-order valence-corrected chi connectivity index (χ0v) is 29.8. The minimum Gasteiger partial charge on any atom is -0.456 e. The van der Waals surface area contributed by atoms with Crippen LogP contribution in [0.5, 0.6) is 23.0 Å². The molecule has 1 aliphatic heterocycles. The Morgan fingerprint density at radius 2 is 1.37 bits per heavy atom. The molecule has 3 heterocycles. The van der Waals surface area contributed by atoms with Gasteiger partial charge >= 0.3 is 0 Å². The van der Waals surface area contributed by atoms with Gasteiger partial charge in [-0.1, -0.05) is 72.7 Å². The molecule has 2 aliphatic rings. The number of anilines is 3. The zero-order valence-electron chi connectivity index (χ0n) is 29.8. The van der Waals surface area contributed by atoms with Gasteiger partial charge in [0, 0.05) is 45.3 Å². The van der Waals surface area contributed by atoms with Crippen LogP contribution in [0.15, 0.2) is 150 Å². The van der Waals surface area contributed by atoms with E-state index >= 15 is 0 Å². The van der Waals surface area contributed by atoms with E-state index in [9.17, 15) is 0 Å². The van der Waals surface area contributed by atoms with Crippen LogP contribution in [-0.4, -0.2) is 4.57 Å². The molecule has 8 aromatic rings. The van der Waals surface area contributed by atoms with Crippen molar-refractivity contribution in [1.82, 2.24) is 4.57 Å². The second-order valence-electron chi connectivity index (χ2n) is 13.9. The van der Waals surface area contributed by atoms with Gasteiger partial charge in [-0.25, -0.2) is 0 Å². The third-order valence-electron chi connectivity index (χ3n) is 10.7. The van der Waals surface area contributed by atoms with Gasteiger partial charge in [0.25, 0.3) is 0 Å². The van der Waals surface area contributed by atoms with E-state index in [2.05, 4.69) is 125 Å². The number of allylic oxidation sites excluding steroid dienone is 3. The highest BCUT2D eigenvalue weighted by molar-refractivity contribution is 6.06. The minimum absolute atomic E-state index is 0.353. The maximum absolute atomic E-state index is 6.39. The van der Waals surface area contributed by atoms with Crippen molar-refractivity contribution in [3.8, 4) is 46.5 Å². The molecule has 260 valence electrons. The Balaban J connectivity index is 1.10. The van der Waals surface area contributed by atoms with E-state index in [1.165, 1.54) is 0 Å². The first-order valence-corrected chi connectivity index (χ1v) is 18.5. The van der Waals surface area contributed by atoms with Crippen LogP contribution < -0.4 is 14.4 Å². The van der Waals surface area contributed by atoms with Crippen LogP contribution >= 0.6 is 0 Å². The van der Waals surface area contributed by atoms with Crippen molar-refractivity contribution < 1.29 is 13.9 Å². The van der Waals surface area contributed by atoms with Crippen LogP contribution in [0.3, 0.4) is 0 Å². The van der Waals surface area contributed by atoms with Gasteiger partial charge in [0.05, 0.1) is 16.8 Å². The van der Waals surface area contributed by atoms with Crippen molar-refractivity contribution in [3.63, 3.8) is 0 Å². The molecule has 0 radical (unpaired) electrons. The molecule has 1 unspecified atom stereocenters. The molecule has 0 bridgehead atoms. The topological polar surface area (TPSA) is 39.8 Å². The van der Waals surface area contributed by atoms with E-state index in [0.717, 1.165) is 97.3 Å². The first-order valence-electron chi connectivity index (χ1n) is 18.5. The van der Waals surface area contributed by atoms with E-state index in [1.54, 1.807) is 0 Å². The number of furan rings is 1. The summed E-state index contributed by atoms with van der Waals surface area (Å²) in [5.74, 6) is 5.91. The van der Waals surface area contributed by atoms with Crippen molar-refractivity contribution in [1.29, 1.82) is 0 Å². The van der Waals surface area contributed by atoms with Gasteiger partial charge < -0.3 is 23.4 Å². The molecular formula is C49H36N2O3. The van der Waals surface area contributed by atoms with E-state index in [1.807, 2.05) is 48.5 Å². The summed E-state index contributed by atoms with van der Waals surface area (Å²) in [5, 5.41) is 3.26. The Morgan fingerprint density at radius 3 is 2.17 bits per heavy atom. The van der Waals surface area contributed by atoms with E-state index in [0.29, 0.717) is 23.3 Å². The van der Waals surface area contributed by atoms with Crippen molar-refractivity contribution in [2.45, 2.75) is 32.2 Å². The molecular weight excluding hydrogens is 665 g/mol. The number of para-hydroxylation sites is 3. The highest BCUT2D eigenvalue weighted by Crippen LogP contribution is 2.47. The lowest BCUT2D eigenvalue weighted by Crippen LogP contribution is -2.12. The highest BCUT2D eigenvalue weighted by atomic mass is 16.6. The normalized spacial score (nSPS) is 14.9. The van der Waals surface area contributed by atoms with Crippen LogP contribution in [0.1, 0.15) is 43.5 Å². The van der Waals surface area contributed by atoms with Crippen LogP contribution in [0, 0.1) is 12.3 Å². The van der Waals surface area contributed by atoms with Gasteiger partial charge in [-0.05, 0) is 116 Å². The fourth-order valence-corrected chi connectivity index (χ4v) is 8.15. The number of rotatable bonds is 6. The van der Waals surface area contributed by atoms with Gasteiger partial charge in [0.15, 0.2) is 23.0 Å². The van der Waals surface area contributed by atoms with Gasteiger partial charge in [-0.2, -0.15) is 0 Å². The second-order valence-corrected chi connectivity index (χ2v) is 13.9. The molecule has 5 heteroatoms. The van der Waals surface area contributed by atoms with E-state index in [-0.39, 0.29) is 0 Å². The Bertz CT molecular complexity index is 2850. The number of ether oxygens (including phenoxy) is 2. The fourth-order valence-electron chi connectivity index (χ4n) is 8.15. The number of terminal acetylenes is 1. The number of hydrogen-bond acceptors (Lipinski definition) is 4. The summed E-state index contributed by atoms with van der Waals surface area (Å²) in [6.07, 6.45) is 18.3. The lowest BCUT2D eigenvalue weighted by molar-refractivity contribution is 0.360. The first-order chi connectivity index (χ1) is 26.7. The molecule has 5 nitrogen and oxygen atoms in total. The molecule has 0 amide bonds. The molecule has 0 N–H and O–H groups in total. The minimum atomic E-state index is 0.353. The molecule has 0 fully saturated rings. The van der Waals surface area contributed by atoms with E-state index in [4.69, 9.17) is 20.3 Å². The van der Waals surface area contributed by atoms with Crippen LogP contribution in [0.2, 0.25) is 0 Å². The number of aromatic nitrogens is 1. The molecule has 0 saturated heterocycles. The zero-order chi connectivity index (χ0) is 36.2. The number of benzene rings is 6. The Kier molecular flexibility index (Phi) is 7.63. The number of nitrogens with zero attached hydrogens (tertiary/aromatic N) is 2. The van der Waals surface area contributed by atoms with Crippen LogP contribution in [0.25, 0.3) is 50.0 Å². The second kappa shape index (κ2) is 12.9. The average molecular weight is 701 g/mol. The van der Waals surface area contributed by atoms with Gasteiger partial charge in [-0.15, -0.1) is 6.42 Å². The van der Waals surface area contributed by atoms with Crippen molar-refractivity contribution in [2.24, 2.45) is 0 Å². The third kappa shape index (κ3) is 5.26. The first kappa shape index (κ1) is 31.8. The van der Waals surface area contributed by atoms with Gasteiger partial charge in [0.2, 0.25) is 0 Å². The Hall–Kier alpha value is -6.90. The number of hydrogen-bond donors (Lipinski definition) is 0. The van der Waals surface area contributed by atoms with Crippen molar-refractivity contribution in [3.05, 3.63) is 157 Å². The third-order valence-corrected chi connectivity index (χ3v) is 10.7. The smallest absolute Gasteiger partial charge is 0.170 e. The largest absolute Gasteiger partial charge is 0.456 e. The van der Waals surface area contributed by atoms with Crippen LogP contribution in [-0.2, 0) is 0 Å². The monoisotopic (exact) mass is 700 g/mol. The predicted molar refractivity (Wildman–Crippen MR) is 221 cm³/mol. The maximum atomic E-state index is 6.39. The molecule has 1 atom stereocenters. The fraction of sp³-hybridized carbons (Fsp3) is 0.102. The summed E-state index contributed by atoms with van der Waals surface area (Å²) in [6, 6.07) is 44.2. The van der Waals surface area contributed by atoms with Crippen molar-refractivity contribution >= 4 is 56.0 Å². The molecule has 1 aliphatic carbocycles. The quantitative estimate of drug-likeness (QED) is 0.128. The maximum Gasteiger partial charge on any atom is 0.170 e. The summed E-state index contributed by atoms with van der Waals surface area (Å²) in [4.78, 5) is 2.28.